The van der Waals surface area contributed by atoms with Crippen molar-refractivity contribution in [1.82, 2.24) is 0 Å². The molecule has 2 aliphatic rings. The smallest absolute Gasteiger partial charge is 0.0727 e. The monoisotopic (exact) mass is 826 g/mol. The van der Waals surface area contributed by atoms with Gasteiger partial charge < -0.3 is 9.80 Å². The molecule has 0 N–H and O–H groups in total. The molecule has 0 radical (unpaired) electrons. The number of rotatable bonds is 7. The molecule has 0 heterocycles. The van der Waals surface area contributed by atoms with E-state index in [2.05, 4.69) is 265 Å². The van der Waals surface area contributed by atoms with Crippen LogP contribution in [0, 0.1) is 0 Å². The fourth-order valence-electron chi connectivity index (χ4n) is 10.9. The molecule has 1 unspecified atom stereocenters. The van der Waals surface area contributed by atoms with E-state index in [4.69, 9.17) is 0 Å². The number of hydrogen-bond acceptors (Lipinski definition) is 2. The lowest BCUT2D eigenvalue weighted by Gasteiger charge is -2.33. The van der Waals surface area contributed by atoms with Gasteiger partial charge in [-0.2, -0.15) is 0 Å². The van der Waals surface area contributed by atoms with Crippen molar-refractivity contribution in [2.75, 3.05) is 9.80 Å². The number of nitrogens with zero attached hydrogens (tertiary/aromatic N) is 2. The van der Waals surface area contributed by atoms with E-state index in [0.717, 1.165) is 34.1 Å². The van der Waals surface area contributed by atoms with E-state index in [0.29, 0.717) is 0 Å². The van der Waals surface area contributed by atoms with Crippen molar-refractivity contribution < 1.29 is 0 Å². The van der Waals surface area contributed by atoms with Crippen LogP contribution in [0.25, 0.3) is 54.9 Å². The summed E-state index contributed by atoms with van der Waals surface area (Å²) in [6.07, 6.45) is 0. The third kappa shape index (κ3) is 5.81. The first-order chi connectivity index (χ1) is 32.2. The van der Waals surface area contributed by atoms with E-state index in [1.54, 1.807) is 0 Å². The van der Waals surface area contributed by atoms with E-state index in [1.807, 2.05) is 0 Å². The Morgan fingerprint density at radius 3 is 1.18 bits per heavy atom. The molecule has 0 bridgehead atoms. The largest absolute Gasteiger partial charge is 0.310 e. The summed E-state index contributed by atoms with van der Waals surface area (Å²) in [5.41, 5.74) is 18.9. The zero-order valence-electron chi connectivity index (χ0n) is 35.6. The Labute approximate surface area is 379 Å². The summed E-state index contributed by atoms with van der Waals surface area (Å²) in [4.78, 5) is 4.85. The predicted octanol–water partition coefficient (Wildman–Crippen LogP) is 16.9. The molecule has 11 aromatic carbocycles. The number of para-hydroxylation sites is 2. The van der Waals surface area contributed by atoms with Crippen molar-refractivity contribution in [2.24, 2.45) is 0 Å². The normalized spacial score (nSPS) is 14.2. The fraction of sp³-hybridized carbons (Fsp3) is 0.0159. The summed E-state index contributed by atoms with van der Waals surface area (Å²) in [5, 5.41) is 4.87. The standard InChI is InChI=1S/C63H42N2/c1-4-16-43(17-5-1)47-29-28-45-31-33-52(40-48(45)38-47)65(50-22-8-3-9-23-50)54-35-37-58-56-25-13-15-27-60(56)63(62(58)42-54)59-26-14-12-24-55(59)57-36-34-53(41-61(57)63)64(49-20-6-2-7-21-49)51-32-30-44-18-10-11-19-46(44)39-51/h1-42H. The van der Waals surface area contributed by atoms with E-state index in [9.17, 15) is 0 Å². The average Bonchev–Trinajstić information content (AvgIpc) is 3.84. The van der Waals surface area contributed by atoms with Gasteiger partial charge in [0.15, 0.2) is 0 Å². The van der Waals surface area contributed by atoms with Gasteiger partial charge in [0.1, 0.15) is 0 Å². The molecule has 1 spiro atoms. The SMILES string of the molecule is c1ccc(-c2ccc3ccc(N(c4ccccc4)c4ccc5c(c4)C4(c6ccccc6-c6ccc(N(c7ccccc7)c7ccc8ccccc8c7)cc64)c4ccccc4-5)cc3c2)cc1. The maximum absolute atomic E-state index is 2.49. The van der Waals surface area contributed by atoms with Gasteiger partial charge in [0.25, 0.3) is 0 Å². The topological polar surface area (TPSA) is 6.48 Å². The molecule has 0 aliphatic heterocycles. The molecule has 0 fully saturated rings. The highest BCUT2D eigenvalue weighted by Gasteiger charge is 2.52. The van der Waals surface area contributed by atoms with Crippen LogP contribution in [0.4, 0.5) is 34.1 Å². The first kappa shape index (κ1) is 37.1. The molecule has 2 heteroatoms. The quantitative estimate of drug-likeness (QED) is 0.158. The highest BCUT2D eigenvalue weighted by Crippen LogP contribution is 2.64. The van der Waals surface area contributed by atoms with Crippen LogP contribution < -0.4 is 9.80 Å². The van der Waals surface area contributed by atoms with Crippen molar-refractivity contribution >= 4 is 55.7 Å². The first-order valence-electron chi connectivity index (χ1n) is 22.5. The summed E-state index contributed by atoms with van der Waals surface area (Å²) in [5.74, 6) is 0. The third-order valence-corrected chi connectivity index (χ3v) is 13.8. The molecule has 0 saturated heterocycles. The van der Waals surface area contributed by atoms with Crippen molar-refractivity contribution in [2.45, 2.75) is 5.41 Å². The summed E-state index contributed by atoms with van der Waals surface area (Å²) in [6, 6.07) is 94.0. The van der Waals surface area contributed by atoms with Gasteiger partial charge in [0.2, 0.25) is 0 Å². The second kappa shape index (κ2) is 14.8. The zero-order chi connectivity index (χ0) is 42.9. The summed E-state index contributed by atoms with van der Waals surface area (Å²) in [6.45, 7) is 0. The lowest BCUT2D eigenvalue weighted by Crippen LogP contribution is -2.26. The summed E-state index contributed by atoms with van der Waals surface area (Å²) < 4.78 is 0. The Bertz CT molecular complexity index is 3600. The molecule has 1 atom stereocenters. The van der Waals surface area contributed by atoms with Crippen molar-refractivity contribution in [1.29, 1.82) is 0 Å². The molecule has 13 rings (SSSR count). The Morgan fingerprint density at radius 2 is 0.615 bits per heavy atom. The van der Waals surface area contributed by atoms with E-state index in [1.165, 1.54) is 77.2 Å². The molecule has 11 aromatic rings. The highest BCUT2D eigenvalue weighted by molar-refractivity contribution is 5.99. The number of fused-ring (bicyclic) bond motifs is 12. The van der Waals surface area contributed by atoms with Gasteiger partial charge in [-0.3, -0.25) is 0 Å². The van der Waals surface area contributed by atoms with Crippen LogP contribution in [-0.2, 0) is 5.41 Å². The maximum Gasteiger partial charge on any atom is 0.0727 e. The Kier molecular flexibility index (Phi) is 8.47. The number of benzene rings is 11. The molecule has 0 saturated carbocycles. The second-order valence-electron chi connectivity index (χ2n) is 17.3. The first-order valence-corrected chi connectivity index (χ1v) is 22.5. The molecule has 65 heavy (non-hydrogen) atoms. The minimum atomic E-state index is -0.564. The van der Waals surface area contributed by atoms with Crippen LogP contribution in [0.1, 0.15) is 22.3 Å². The van der Waals surface area contributed by atoms with Crippen LogP contribution in [0.2, 0.25) is 0 Å². The van der Waals surface area contributed by atoms with E-state index < -0.39 is 5.41 Å². The molecule has 2 aliphatic carbocycles. The van der Waals surface area contributed by atoms with Crippen LogP contribution in [0.3, 0.4) is 0 Å². The lowest BCUT2D eigenvalue weighted by molar-refractivity contribution is 0.793. The number of hydrogen-bond donors (Lipinski definition) is 0. The molecular weight excluding hydrogens is 785 g/mol. The maximum atomic E-state index is 2.49. The third-order valence-electron chi connectivity index (χ3n) is 13.8. The predicted molar refractivity (Wildman–Crippen MR) is 273 cm³/mol. The van der Waals surface area contributed by atoms with Gasteiger partial charge in [-0.15, -0.1) is 0 Å². The van der Waals surface area contributed by atoms with E-state index in [-0.39, 0.29) is 0 Å². The van der Waals surface area contributed by atoms with Crippen LogP contribution in [0.15, 0.2) is 255 Å². The lowest BCUT2D eigenvalue weighted by atomic mass is 9.70. The van der Waals surface area contributed by atoms with Gasteiger partial charge in [0, 0.05) is 34.1 Å². The second-order valence-corrected chi connectivity index (χ2v) is 17.3. The van der Waals surface area contributed by atoms with Crippen LogP contribution >= 0.6 is 0 Å². The van der Waals surface area contributed by atoms with Gasteiger partial charge in [-0.25, -0.2) is 0 Å². The minimum absolute atomic E-state index is 0.564. The molecule has 0 aromatic heterocycles. The number of anilines is 6. The minimum Gasteiger partial charge on any atom is -0.310 e. The molecular formula is C63H42N2. The van der Waals surface area contributed by atoms with Gasteiger partial charge >= 0.3 is 0 Å². The molecule has 2 nitrogen and oxygen atoms in total. The van der Waals surface area contributed by atoms with Gasteiger partial charge in [0.05, 0.1) is 5.41 Å². The Hall–Kier alpha value is -8.46. The zero-order valence-corrected chi connectivity index (χ0v) is 35.6. The van der Waals surface area contributed by atoms with Gasteiger partial charge in [-0.05, 0) is 156 Å². The van der Waals surface area contributed by atoms with Crippen molar-refractivity contribution in [3.05, 3.63) is 277 Å². The summed E-state index contributed by atoms with van der Waals surface area (Å²) in [7, 11) is 0. The van der Waals surface area contributed by atoms with E-state index >= 15 is 0 Å². The Balaban J connectivity index is 1.04. The van der Waals surface area contributed by atoms with Crippen molar-refractivity contribution in [3.8, 4) is 33.4 Å². The van der Waals surface area contributed by atoms with Gasteiger partial charge in [-0.1, -0.05) is 176 Å². The Morgan fingerprint density at radius 1 is 0.215 bits per heavy atom. The fourth-order valence-corrected chi connectivity index (χ4v) is 10.9. The van der Waals surface area contributed by atoms with Crippen molar-refractivity contribution in [3.63, 3.8) is 0 Å². The highest BCUT2D eigenvalue weighted by atomic mass is 15.1. The average molecular weight is 827 g/mol. The van der Waals surface area contributed by atoms with Crippen LogP contribution in [-0.4, -0.2) is 0 Å². The van der Waals surface area contributed by atoms with Crippen LogP contribution in [0.5, 0.6) is 0 Å². The molecule has 0 amide bonds. The molecule has 304 valence electrons. The summed E-state index contributed by atoms with van der Waals surface area (Å²) >= 11 is 0.